The Kier molecular flexibility index (Phi) is 3.04. The van der Waals surface area contributed by atoms with Gasteiger partial charge in [-0.3, -0.25) is 16.0 Å². The Labute approximate surface area is 97.2 Å². The summed E-state index contributed by atoms with van der Waals surface area (Å²) in [5, 5.41) is 4.56. The molecule has 1 aliphatic rings. The summed E-state index contributed by atoms with van der Waals surface area (Å²) < 4.78 is 2.00. The number of nitrogens with one attached hydrogen (secondary N) is 1. The zero-order chi connectivity index (χ0) is 11.8. The van der Waals surface area contributed by atoms with E-state index in [0.717, 1.165) is 12.1 Å². The predicted octanol–water partition coefficient (Wildman–Crippen LogP) is 1.64. The Balaban J connectivity index is 2.02. The van der Waals surface area contributed by atoms with Crippen LogP contribution in [0.5, 0.6) is 0 Å². The second-order valence-corrected chi connectivity index (χ2v) is 5.46. The molecule has 0 bridgehead atoms. The third kappa shape index (κ3) is 2.28. The standard InChI is InChI=1S/C12H22N4/c1-9(2)16-7-4-10(15-16)8-11(14-13)12(3)5-6-12/h4,7,9,11,14H,5-6,8,13H2,1-3H3. The lowest BCUT2D eigenvalue weighted by Crippen LogP contribution is -2.42. The van der Waals surface area contributed by atoms with Crippen molar-refractivity contribution >= 4 is 0 Å². The molecular formula is C12H22N4. The molecule has 90 valence electrons. The highest BCUT2D eigenvalue weighted by atomic mass is 15.3. The molecule has 0 aromatic carbocycles. The fraction of sp³-hybridized carbons (Fsp3) is 0.750. The summed E-state index contributed by atoms with van der Waals surface area (Å²) in [6.07, 6.45) is 5.51. The quantitative estimate of drug-likeness (QED) is 0.588. The molecule has 0 saturated heterocycles. The van der Waals surface area contributed by atoms with Crippen molar-refractivity contribution in [1.82, 2.24) is 15.2 Å². The molecule has 2 rings (SSSR count). The fourth-order valence-corrected chi connectivity index (χ4v) is 2.04. The molecule has 0 radical (unpaired) electrons. The Morgan fingerprint density at radius 1 is 1.56 bits per heavy atom. The third-order valence-electron chi connectivity index (χ3n) is 3.69. The van der Waals surface area contributed by atoms with E-state index in [0.29, 0.717) is 17.5 Å². The van der Waals surface area contributed by atoms with Crippen molar-refractivity contribution in [3.8, 4) is 0 Å². The largest absolute Gasteiger partial charge is 0.271 e. The van der Waals surface area contributed by atoms with Crippen LogP contribution in [-0.2, 0) is 6.42 Å². The molecule has 4 nitrogen and oxygen atoms in total. The smallest absolute Gasteiger partial charge is 0.0640 e. The van der Waals surface area contributed by atoms with Crippen LogP contribution in [0, 0.1) is 5.41 Å². The van der Waals surface area contributed by atoms with Crippen LogP contribution in [0.2, 0.25) is 0 Å². The van der Waals surface area contributed by atoms with Gasteiger partial charge >= 0.3 is 0 Å². The van der Waals surface area contributed by atoms with E-state index in [1.54, 1.807) is 0 Å². The van der Waals surface area contributed by atoms with Gasteiger partial charge in [-0.15, -0.1) is 0 Å². The normalized spacial score (nSPS) is 20.1. The minimum Gasteiger partial charge on any atom is -0.271 e. The maximum Gasteiger partial charge on any atom is 0.0640 e. The topological polar surface area (TPSA) is 55.9 Å². The highest BCUT2D eigenvalue weighted by Gasteiger charge is 2.44. The molecule has 0 spiro atoms. The number of nitrogens with two attached hydrogens (primary N) is 1. The summed E-state index contributed by atoms with van der Waals surface area (Å²) in [6.45, 7) is 6.56. The van der Waals surface area contributed by atoms with E-state index in [1.807, 2.05) is 10.9 Å². The van der Waals surface area contributed by atoms with Crippen molar-refractivity contribution in [2.75, 3.05) is 0 Å². The van der Waals surface area contributed by atoms with Crippen molar-refractivity contribution in [3.05, 3.63) is 18.0 Å². The molecule has 4 heteroatoms. The molecule has 1 saturated carbocycles. The monoisotopic (exact) mass is 222 g/mol. The molecule has 1 unspecified atom stereocenters. The molecule has 3 N–H and O–H groups in total. The van der Waals surface area contributed by atoms with Gasteiger partial charge in [0, 0.05) is 24.7 Å². The molecule has 1 aromatic heterocycles. The summed E-state index contributed by atoms with van der Waals surface area (Å²) >= 11 is 0. The van der Waals surface area contributed by atoms with Crippen LogP contribution >= 0.6 is 0 Å². The molecule has 1 fully saturated rings. The average Bonchev–Trinajstić information content (AvgIpc) is 2.82. The molecule has 16 heavy (non-hydrogen) atoms. The number of rotatable bonds is 5. The van der Waals surface area contributed by atoms with E-state index in [4.69, 9.17) is 5.84 Å². The highest BCUT2D eigenvalue weighted by molar-refractivity contribution is 5.07. The summed E-state index contributed by atoms with van der Waals surface area (Å²) in [5.41, 5.74) is 4.46. The van der Waals surface area contributed by atoms with Gasteiger partial charge in [-0.05, 0) is 38.2 Å². The lowest BCUT2D eigenvalue weighted by Gasteiger charge is -2.21. The Bertz CT molecular complexity index is 352. The molecule has 1 aromatic rings. The maximum atomic E-state index is 5.63. The van der Waals surface area contributed by atoms with Gasteiger partial charge in [-0.2, -0.15) is 5.10 Å². The van der Waals surface area contributed by atoms with Gasteiger partial charge < -0.3 is 0 Å². The third-order valence-corrected chi connectivity index (χ3v) is 3.69. The molecule has 1 atom stereocenters. The lowest BCUT2D eigenvalue weighted by molar-refractivity contribution is 0.355. The molecule has 0 aliphatic heterocycles. The number of hydrazine groups is 1. The number of nitrogens with zero attached hydrogens (tertiary/aromatic N) is 2. The van der Waals surface area contributed by atoms with Crippen molar-refractivity contribution in [2.24, 2.45) is 11.3 Å². The van der Waals surface area contributed by atoms with Crippen molar-refractivity contribution in [1.29, 1.82) is 0 Å². The van der Waals surface area contributed by atoms with Gasteiger partial charge in [0.1, 0.15) is 0 Å². The molecular weight excluding hydrogens is 200 g/mol. The first-order valence-electron chi connectivity index (χ1n) is 6.05. The van der Waals surface area contributed by atoms with Gasteiger partial charge in [0.25, 0.3) is 0 Å². The minimum atomic E-state index is 0.350. The summed E-state index contributed by atoms with van der Waals surface area (Å²) in [6, 6.07) is 2.87. The van der Waals surface area contributed by atoms with Crippen LogP contribution in [0.4, 0.5) is 0 Å². The summed E-state index contributed by atoms with van der Waals surface area (Å²) in [7, 11) is 0. The van der Waals surface area contributed by atoms with Crippen LogP contribution in [0.1, 0.15) is 45.3 Å². The van der Waals surface area contributed by atoms with Gasteiger partial charge in [-0.25, -0.2) is 0 Å². The van der Waals surface area contributed by atoms with Crippen molar-refractivity contribution < 1.29 is 0 Å². The zero-order valence-corrected chi connectivity index (χ0v) is 10.4. The van der Waals surface area contributed by atoms with Crippen molar-refractivity contribution in [2.45, 2.75) is 52.1 Å². The SMILES string of the molecule is CC(C)n1ccc(CC(NN)C2(C)CC2)n1. The first kappa shape index (κ1) is 11.6. The summed E-state index contributed by atoms with van der Waals surface area (Å²) in [5.74, 6) is 5.63. The first-order chi connectivity index (χ1) is 7.55. The molecule has 0 amide bonds. The summed E-state index contributed by atoms with van der Waals surface area (Å²) in [4.78, 5) is 0. The Morgan fingerprint density at radius 3 is 2.69 bits per heavy atom. The average molecular weight is 222 g/mol. The van der Waals surface area contributed by atoms with E-state index < -0.39 is 0 Å². The number of hydrogen-bond acceptors (Lipinski definition) is 3. The van der Waals surface area contributed by atoms with E-state index in [2.05, 4.69) is 37.4 Å². The Hall–Kier alpha value is -0.870. The fourth-order valence-electron chi connectivity index (χ4n) is 2.04. The Morgan fingerprint density at radius 2 is 2.25 bits per heavy atom. The predicted molar refractivity (Wildman–Crippen MR) is 64.8 cm³/mol. The van der Waals surface area contributed by atoms with Crippen molar-refractivity contribution in [3.63, 3.8) is 0 Å². The molecule has 1 heterocycles. The first-order valence-corrected chi connectivity index (χ1v) is 6.05. The second-order valence-electron chi connectivity index (χ2n) is 5.46. The van der Waals surface area contributed by atoms with Gasteiger partial charge in [0.05, 0.1) is 5.69 Å². The van der Waals surface area contributed by atoms with Gasteiger partial charge in [0.2, 0.25) is 0 Å². The zero-order valence-electron chi connectivity index (χ0n) is 10.4. The minimum absolute atomic E-state index is 0.350. The van der Waals surface area contributed by atoms with Gasteiger partial charge in [-0.1, -0.05) is 6.92 Å². The lowest BCUT2D eigenvalue weighted by atomic mass is 9.95. The molecule has 1 aliphatic carbocycles. The van der Waals surface area contributed by atoms with Crippen LogP contribution in [0.25, 0.3) is 0 Å². The van der Waals surface area contributed by atoms with Crippen LogP contribution in [0.3, 0.4) is 0 Å². The van der Waals surface area contributed by atoms with Crippen LogP contribution in [0.15, 0.2) is 12.3 Å². The highest BCUT2D eigenvalue weighted by Crippen LogP contribution is 2.48. The maximum absolute atomic E-state index is 5.63. The number of aromatic nitrogens is 2. The van der Waals surface area contributed by atoms with Crippen LogP contribution in [-0.4, -0.2) is 15.8 Å². The van der Waals surface area contributed by atoms with E-state index in [-0.39, 0.29) is 0 Å². The van der Waals surface area contributed by atoms with Crippen LogP contribution < -0.4 is 11.3 Å². The van der Waals surface area contributed by atoms with E-state index in [1.165, 1.54) is 12.8 Å². The van der Waals surface area contributed by atoms with E-state index >= 15 is 0 Å². The van der Waals surface area contributed by atoms with Gasteiger partial charge in [0.15, 0.2) is 0 Å². The second kappa shape index (κ2) is 4.18. The van der Waals surface area contributed by atoms with E-state index in [9.17, 15) is 0 Å². The number of hydrogen-bond donors (Lipinski definition) is 2.